The maximum Gasteiger partial charge on any atom is 0.246 e. The van der Waals surface area contributed by atoms with Crippen molar-refractivity contribution in [2.45, 2.75) is 26.8 Å². The van der Waals surface area contributed by atoms with Crippen LogP contribution in [0.25, 0.3) is 0 Å². The lowest BCUT2D eigenvalue weighted by Gasteiger charge is -2.26. The topological polar surface area (TPSA) is 117 Å². The minimum atomic E-state index is -0.605. The van der Waals surface area contributed by atoms with Crippen LogP contribution in [0, 0.1) is 18.3 Å². The van der Waals surface area contributed by atoms with Crippen LogP contribution >= 0.6 is 0 Å². The van der Waals surface area contributed by atoms with E-state index in [1.54, 1.807) is 25.8 Å². The van der Waals surface area contributed by atoms with Gasteiger partial charge in [0.15, 0.2) is 11.4 Å². The van der Waals surface area contributed by atoms with E-state index >= 15 is 0 Å². The zero-order chi connectivity index (χ0) is 19.3. The van der Waals surface area contributed by atoms with Crippen LogP contribution in [0.15, 0.2) is 24.3 Å². The molecular formula is C18H22N6O2. The van der Waals surface area contributed by atoms with Gasteiger partial charge >= 0.3 is 0 Å². The molecule has 0 saturated heterocycles. The van der Waals surface area contributed by atoms with Crippen molar-refractivity contribution in [3.63, 3.8) is 0 Å². The fraction of sp³-hybridized carbons (Fsp3) is 0.333. The molecule has 1 atom stereocenters. The first-order valence-electron chi connectivity index (χ1n) is 8.18. The largest absolute Gasteiger partial charge is 0.477 e. The third kappa shape index (κ3) is 4.19. The Kier molecular flexibility index (Phi) is 5.96. The summed E-state index contributed by atoms with van der Waals surface area (Å²) in [5.41, 5.74) is 7.61. The Bertz CT molecular complexity index is 846. The molecule has 3 N–H and O–H groups in total. The summed E-state index contributed by atoms with van der Waals surface area (Å²) in [5.74, 6) is 0.0868. The van der Waals surface area contributed by atoms with Gasteiger partial charge < -0.3 is 20.7 Å². The molecule has 8 nitrogen and oxygen atoms in total. The highest BCUT2D eigenvalue weighted by atomic mass is 16.5. The second kappa shape index (κ2) is 8.16. The van der Waals surface area contributed by atoms with E-state index in [0.29, 0.717) is 12.3 Å². The Morgan fingerprint density at radius 1 is 1.46 bits per heavy atom. The maximum absolute atomic E-state index is 12.6. The van der Waals surface area contributed by atoms with Crippen molar-refractivity contribution in [1.29, 1.82) is 5.26 Å². The average Bonchev–Trinajstić information content (AvgIpc) is 2.60. The van der Waals surface area contributed by atoms with Crippen LogP contribution in [0.3, 0.4) is 0 Å². The van der Waals surface area contributed by atoms with Gasteiger partial charge in [-0.25, -0.2) is 0 Å². The molecule has 0 aliphatic rings. The smallest absolute Gasteiger partial charge is 0.246 e. The average molecular weight is 354 g/mol. The number of likely N-dealkylation sites (N-methyl/N-ethyl adjacent to an activating group) is 1. The van der Waals surface area contributed by atoms with Crippen LogP contribution in [-0.2, 0) is 4.79 Å². The summed E-state index contributed by atoms with van der Waals surface area (Å²) in [4.78, 5) is 22.2. The Balaban J connectivity index is 2.28. The van der Waals surface area contributed by atoms with Gasteiger partial charge in [-0.2, -0.15) is 15.2 Å². The number of hydrogen-bond donors (Lipinski definition) is 2. The van der Waals surface area contributed by atoms with Crippen LogP contribution in [0.1, 0.15) is 25.0 Å². The number of amides is 1. The molecule has 26 heavy (non-hydrogen) atoms. The summed E-state index contributed by atoms with van der Waals surface area (Å²) in [6.45, 7) is 5.77. The van der Waals surface area contributed by atoms with Gasteiger partial charge in [0.1, 0.15) is 12.1 Å². The molecule has 0 aliphatic carbocycles. The predicted molar refractivity (Wildman–Crippen MR) is 100 cm³/mol. The summed E-state index contributed by atoms with van der Waals surface area (Å²) in [7, 11) is 1.67. The molecule has 8 heteroatoms. The zero-order valence-corrected chi connectivity index (χ0v) is 15.3. The van der Waals surface area contributed by atoms with Crippen molar-refractivity contribution in [1.82, 2.24) is 9.97 Å². The third-order valence-electron chi connectivity index (χ3n) is 3.85. The van der Waals surface area contributed by atoms with E-state index in [-0.39, 0.29) is 29.1 Å². The van der Waals surface area contributed by atoms with Gasteiger partial charge in [-0.3, -0.25) is 4.79 Å². The second-order valence-corrected chi connectivity index (χ2v) is 5.78. The van der Waals surface area contributed by atoms with Gasteiger partial charge in [0.25, 0.3) is 0 Å². The highest BCUT2D eigenvalue weighted by Gasteiger charge is 2.25. The van der Waals surface area contributed by atoms with Crippen LogP contribution in [0.5, 0.6) is 5.88 Å². The number of benzene rings is 1. The van der Waals surface area contributed by atoms with Crippen LogP contribution in [-0.4, -0.2) is 35.6 Å². The van der Waals surface area contributed by atoms with Gasteiger partial charge in [-0.05, 0) is 38.5 Å². The molecule has 0 bridgehead atoms. The fourth-order valence-corrected chi connectivity index (χ4v) is 2.37. The van der Waals surface area contributed by atoms with Crippen molar-refractivity contribution in [2.24, 2.45) is 0 Å². The van der Waals surface area contributed by atoms with Crippen molar-refractivity contribution in [2.75, 3.05) is 29.6 Å². The lowest BCUT2D eigenvalue weighted by Crippen LogP contribution is -2.40. The van der Waals surface area contributed by atoms with E-state index in [0.717, 1.165) is 5.56 Å². The van der Waals surface area contributed by atoms with Crippen molar-refractivity contribution in [3.05, 3.63) is 35.4 Å². The molecule has 136 valence electrons. The number of nitriles is 1. The van der Waals surface area contributed by atoms with Crippen molar-refractivity contribution >= 4 is 23.4 Å². The molecule has 0 aliphatic heterocycles. The molecule has 0 unspecified atom stereocenters. The normalized spacial score (nSPS) is 11.3. The number of rotatable bonds is 6. The first-order valence-corrected chi connectivity index (χ1v) is 8.18. The molecule has 1 heterocycles. The molecule has 2 aromatic rings. The zero-order valence-electron chi connectivity index (χ0n) is 15.3. The SMILES string of the molecule is CCOc1nc(N)nc(N(C)[C@@H](C)C(=O)Nc2cccc(C)c2)c1C#N. The minimum Gasteiger partial charge on any atom is -0.477 e. The molecule has 2 rings (SSSR count). The number of nitrogens with zero attached hydrogens (tertiary/aromatic N) is 4. The first kappa shape index (κ1) is 19.0. The Labute approximate surface area is 152 Å². The molecular weight excluding hydrogens is 332 g/mol. The summed E-state index contributed by atoms with van der Waals surface area (Å²) in [6, 6.07) is 8.93. The summed E-state index contributed by atoms with van der Waals surface area (Å²) in [5, 5.41) is 12.3. The van der Waals surface area contributed by atoms with Crippen molar-refractivity contribution in [3.8, 4) is 11.9 Å². The number of nitrogens with one attached hydrogen (secondary N) is 1. The summed E-state index contributed by atoms with van der Waals surface area (Å²) in [6.07, 6.45) is 0. The standard InChI is InChI=1S/C18H22N6O2/c1-5-26-17-14(10-19)15(22-18(20)23-17)24(4)12(3)16(25)21-13-8-6-7-11(2)9-13/h6-9,12H,5H2,1-4H3,(H,21,25)(H2,20,22,23)/t12-/m0/s1. The second-order valence-electron chi connectivity index (χ2n) is 5.78. The summed E-state index contributed by atoms with van der Waals surface area (Å²) < 4.78 is 5.37. The van der Waals surface area contributed by atoms with E-state index in [9.17, 15) is 10.1 Å². The molecule has 1 amide bonds. The highest BCUT2D eigenvalue weighted by Crippen LogP contribution is 2.27. The fourth-order valence-electron chi connectivity index (χ4n) is 2.37. The number of carbonyl (C=O) groups is 1. The van der Waals surface area contributed by atoms with Gasteiger partial charge in [0.05, 0.1) is 6.61 Å². The number of anilines is 3. The number of aromatic nitrogens is 2. The van der Waals surface area contributed by atoms with Gasteiger partial charge in [-0.1, -0.05) is 12.1 Å². The number of ether oxygens (including phenoxy) is 1. The predicted octanol–water partition coefficient (Wildman–Crippen LogP) is 2.10. The van der Waals surface area contributed by atoms with Gasteiger partial charge in [-0.15, -0.1) is 0 Å². The van der Waals surface area contributed by atoms with Crippen LogP contribution in [0.4, 0.5) is 17.5 Å². The monoisotopic (exact) mass is 354 g/mol. The molecule has 0 radical (unpaired) electrons. The Morgan fingerprint density at radius 3 is 2.81 bits per heavy atom. The molecule has 0 saturated carbocycles. The summed E-state index contributed by atoms with van der Waals surface area (Å²) >= 11 is 0. The van der Waals surface area contributed by atoms with E-state index < -0.39 is 6.04 Å². The van der Waals surface area contributed by atoms with E-state index in [1.807, 2.05) is 37.3 Å². The number of nitrogen functional groups attached to an aromatic ring is 1. The molecule has 1 aromatic heterocycles. The highest BCUT2D eigenvalue weighted by molar-refractivity contribution is 5.96. The third-order valence-corrected chi connectivity index (χ3v) is 3.85. The molecule has 0 spiro atoms. The van der Waals surface area contributed by atoms with Crippen LogP contribution < -0.4 is 20.7 Å². The lowest BCUT2D eigenvalue weighted by atomic mass is 10.2. The number of aryl methyl sites for hydroxylation is 1. The minimum absolute atomic E-state index is 0.0272. The number of carbonyl (C=O) groups excluding carboxylic acids is 1. The Morgan fingerprint density at radius 2 is 2.19 bits per heavy atom. The molecule has 0 fully saturated rings. The van der Waals surface area contributed by atoms with Gasteiger partial charge in [0, 0.05) is 12.7 Å². The van der Waals surface area contributed by atoms with Crippen molar-refractivity contribution < 1.29 is 9.53 Å². The molecule has 1 aromatic carbocycles. The Hall–Kier alpha value is -3.34. The number of nitrogens with two attached hydrogens (primary N) is 1. The van der Waals surface area contributed by atoms with E-state index in [2.05, 4.69) is 15.3 Å². The van der Waals surface area contributed by atoms with Gasteiger partial charge in [0.2, 0.25) is 17.7 Å². The van der Waals surface area contributed by atoms with E-state index in [1.165, 1.54) is 0 Å². The lowest BCUT2D eigenvalue weighted by molar-refractivity contribution is -0.117. The first-order chi connectivity index (χ1) is 12.4. The quantitative estimate of drug-likeness (QED) is 0.815. The van der Waals surface area contributed by atoms with Crippen LogP contribution in [0.2, 0.25) is 0 Å². The number of hydrogen-bond acceptors (Lipinski definition) is 7. The van der Waals surface area contributed by atoms with E-state index in [4.69, 9.17) is 10.5 Å². The maximum atomic E-state index is 12.6.